The van der Waals surface area contributed by atoms with Crippen LogP contribution in [0, 0.1) is 0 Å². The molecule has 0 aliphatic heterocycles. The van der Waals surface area contributed by atoms with E-state index in [9.17, 15) is 0 Å². The number of rotatable bonds is 4. The molecular weight excluding hydrogens is 663 g/mol. The summed E-state index contributed by atoms with van der Waals surface area (Å²) in [5.41, 5.74) is 6.72. The Morgan fingerprint density at radius 2 is 0.745 bits per heavy atom. The summed E-state index contributed by atoms with van der Waals surface area (Å²) < 4.78 is 11.5. The van der Waals surface area contributed by atoms with E-state index in [2.05, 4.69) is 146 Å². The van der Waals surface area contributed by atoms with Crippen molar-refractivity contribution >= 4 is 85.0 Å². The molecule has 0 spiro atoms. The van der Waals surface area contributed by atoms with E-state index < -0.39 is 0 Å². The molecule has 0 aliphatic carbocycles. The molecule has 0 bridgehead atoms. The third-order valence-electron chi connectivity index (χ3n) is 9.74. The molecule has 0 saturated carbocycles. The summed E-state index contributed by atoms with van der Waals surface area (Å²) >= 11 is 3.62. The van der Waals surface area contributed by atoms with Gasteiger partial charge in [-0.25, -0.2) is 15.0 Å². The Hall–Kier alpha value is -6.21. The fourth-order valence-electron chi connectivity index (χ4n) is 7.22. The van der Waals surface area contributed by atoms with E-state index >= 15 is 0 Å². The fraction of sp³-hybridized carbons (Fsp3) is 0. The lowest BCUT2D eigenvalue weighted by molar-refractivity contribution is 0.669. The van der Waals surface area contributed by atoms with Crippen LogP contribution in [0.2, 0.25) is 0 Å². The van der Waals surface area contributed by atoms with Crippen LogP contribution in [0.3, 0.4) is 0 Å². The van der Waals surface area contributed by atoms with Crippen molar-refractivity contribution in [3.05, 3.63) is 152 Å². The van der Waals surface area contributed by atoms with E-state index in [-0.39, 0.29) is 0 Å². The van der Waals surface area contributed by atoms with E-state index in [4.69, 9.17) is 19.4 Å². The largest absolute Gasteiger partial charge is 0.456 e. The summed E-state index contributed by atoms with van der Waals surface area (Å²) in [4.78, 5) is 15.4. The van der Waals surface area contributed by atoms with Gasteiger partial charge in [-0.1, -0.05) is 78.9 Å². The molecule has 0 radical (unpaired) electrons. The molecule has 7 aromatic carbocycles. The van der Waals surface area contributed by atoms with Crippen molar-refractivity contribution in [2.45, 2.75) is 0 Å². The smallest absolute Gasteiger partial charge is 0.164 e. The third kappa shape index (κ3) is 4.68. The van der Waals surface area contributed by atoms with Gasteiger partial charge in [-0.2, -0.15) is 0 Å². The zero-order valence-corrected chi connectivity index (χ0v) is 28.6. The Labute approximate surface area is 299 Å². The van der Waals surface area contributed by atoms with Crippen molar-refractivity contribution < 1.29 is 4.42 Å². The standard InChI is InChI=1S/C45H25N3OS2/c1-2-8-26(9-3-1)27-14-18-31-32-19-15-30(25-38(32)49-37(31)24-27)45-47-43(28-16-20-41-35(22-28)33-10-4-6-12-39(33)50-41)46-44(48-45)29-17-21-42-36(23-29)34-11-5-7-13-40(34)51-42/h1-25H. The van der Waals surface area contributed by atoms with Gasteiger partial charge >= 0.3 is 0 Å². The maximum atomic E-state index is 6.50. The van der Waals surface area contributed by atoms with Crippen molar-refractivity contribution in [2.75, 3.05) is 0 Å². The molecule has 0 atom stereocenters. The molecule has 0 unspecified atom stereocenters. The molecule has 4 nitrogen and oxygen atoms in total. The van der Waals surface area contributed by atoms with Gasteiger partial charge in [0.1, 0.15) is 11.2 Å². The van der Waals surface area contributed by atoms with Crippen LogP contribution >= 0.6 is 22.7 Å². The summed E-state index contributed by atoms with van der Waals surface area (Å²) in [7, 11) is 0. The van der Waals surface area contributed by atoms with Gasteiger partial charge in [-0.15, -0.1) is 22.7 Å². The maximum absolute atomic E-state index is 6.50. The van der Waals surface area contributed by atoms with Crippen molar-refractivity contribution in [3.8, 4) is 45.3 Å². The predicted octanol–water partition coefficient (Wildman–Crippen LogP) is 13.2. The zero-order valence-electron chi connectivity index (χ0n) is 27.0. The molecule has 6 heteroatoms. The number of nitrogens with zero attached hydrogens (tertiary/aromatic N) is 3. The van der Waals surface area contributed by atoms with E-state index in [1.54, 1.807) is 0 Å². The quantitative estimate of drug-likeness (QED) is 0.185. The van der Waals surface area contributed by atoms with Crippen LogP contribution in [0.5, 0.6) is 0 Å². The molecule has 0 N–H and O–H groups in total. The lowest BCUT2D eigenvalue weighted by atomic mass is 10.0. The van der Waals surface area contributed by atoms with Crippen LogP contribution in [0.15, 0.2) is 156 Å². The highest BCUT2D eigenvalue weighted by molar-refractivity contribution is 7.26. The molecule has 0 amide bonds. The Balaban J connectivity index is 1.09. The average Bonchev–Trinajstić information content (AvgIpc) is 3.88. The summed E-state index contributed by atoms with van der Waals surface area (Å²) in [6.45, 7) is 0. The van der Waals surface area contributed by atoms with Crippen LogP contribution in [0.4, 0.5) is 0 Å². The second kappa shape index (κ2) is 11.2. The van der Waals surface area contributed by atoms with Crippen molar-refractivity contribution in [2.24, 2.45) is 0 Å². The van der Waals surface area contributed by atoms with E-state index in [1.165, 1.54) is 40.3 Å². The van der Waals surface area contributed by atoms with Crippen LogP contribution < -0.4 is 0 Å². The van der Waals surface area contributed by atoms with Gasteiger partial charge in [0.2, 0.25) is 0 Å². The van der Waals surface area contributed by atoms with Crippen LogP contribution in [0.1, 0.15) is 0 Å². The summed E-state index contributed by atoms with van der Waals surface area (Å²) in [5.74, 6) is 1.88. The van der Waals surface area contributed by atoms with E-state index in [0.717, 1.165) is 49.8 Å². The molecule has 11 aromatic rings. The van der Waals surface area contributed by atoms with Gasteiger partial charge in [-0.3, -0.25) is 0 Å². The number of fused-ring (bicyclic) bond motifs is 9. The molecule has 51 heavy (non-hydrogen) atoms. The summed E-state index contributed by atoms with van der Waals surface area (Å²) in [6, 6.07) is 53.3. The van der Waals surface area contributed by atoms with Crippen molar-refractivity contribution in [1.29, 1.82) is 0 Å². The lowest BCUT2D eigenvalue weighted by Gasteiger charge is -2.09. The van der Waals surface area contributed by atoms with Gasteiger partial charge in [0.25, 0.3) is 0 Å². The lowest BCUT2D eigenvalue weighted by Crippen LogP contribution is -2.00. The molecular formula is C45H25N3OS2. The minimum absolute atomic E-state index is 0.605. The van der Waals surface area contributed by atoms with Gasteiger partial charge in [-0.05, 0) is 83.9 Å². The fourth-order valence-corrected chi connectivity index (χ4v) is 9.39. The first-order chi connectivity index (χ1) is 25.2. The summed E-state index contributed by atoms with van der Waals surface area (Å²) in [5, 5.41) is 7.06. The summed E-state index contributed by atoms with van der Waals surface area (Å²) in [6.07, 6.45) is 0. The zero-order chi connectivity index (χ0) is 33.5. The minimum Gasteiger partial charge on any atom is -0.456 e. The Morgan fingerprint density at radius 3 is 1.31 bits per heavy atom. The molecule has 4 heterocycles. The number of hydrogen-bond donors (Lipinski definition) is 0. The second-order valence-corrected chi connectivity index (χ2v) is 15.0. The van der Waals surface area contributed by atoms with E-state index in [0.29, 0.717) is 17.5 Å². The molecule has 0 saturated heterocycles. The highest BCUT2D eigenvalue weighted by Gasteiger charge is 2.17. The number of hydrogen-bond acceptors (Lipinski definition) is 6. The highest BCUT2D eigenvalue weighted by atomic mass is 32.1. The predicted molar refractivity (Wildman–Crippen MR) is 215 cm³/mol. The van der Waals surface area contributed by atoms with Gasteiger partial charge in [0.05, 0.1) is 0 Å². The first kappa shape index (κ1) is 28.6. The minimum atomic E-state index is 0.605. The monoisotopic (exact) mass is 687 g/mol. The second-order valence-electron chi connectivity index (χ2n) is 12.8. The Kier molecular flexibility index (Phi) is 6.26. The topological polar surface area (TPSA) is 51.8 Å². The molecule has 11 rings (SSSR count). The van der Waals surface area contributed by atoms with Gasteiger partial charge < -0.3 is 4.42 Å². The number of furan rings is 1. The Morgan fingerprint density at radius 1 is 0.314 bits per heavy atom. The molecule has 0 aliphatic rings. The van der Waals surface area contributed by atoms with Gasteiger partial charge in [0, 0.05) is 67.8 Å². The SMILES string of the molecule is c1ccc(-c2ccc3c(c2)oc2cc(-c4nc(-c5ccc6sc7ccccc7c6c5)nc(-c5ccc6sc7ccccc7c6c5)n4)ccc23)cc1. The first-order valence-electron chi connectivity index (χ1n) is 16.8. The average molecular weight is 688 g/mol. The van der Waals surface area contributed by atoms with Crippen molar-refractivity contribution in [3.63, 3.8) is 0 Å². The third-order valence-corrected chi connectivity index (χ3v) is 12.0. The number of benzene rings is 7. The van der Waals surface area contributed by atoms with Gasteiger partial charge in [0.15, 0.2) is 17.5 Å². The number of aromatic nitrogens is 3. The molecule has 0 fully saturated rings. The first-order valence-corrected chi connectivity index (χ1v) is 18.5. The van der Waals surface area contributed by atoms with Crippen LogP contribution in [-0.2, 0) is 0 Å². The van der Waals surface area contributed by atoms with Crippen molar-refractivity contribution in [1.82, 2.24) is 15.0 Å². The maximum Gasteiger partial charge on any atom is 0.164 e. The van der Waals surface area contributed by atoms with Crippen LogP contribution in [-0.4, -0.2) is 15.0 Å². The normalized spacial score (nSPS) is 11.9. The molecule has 4 aromatic heterocycles. The van der Waals surface area contributed by atoms with E-state index in [1.807, 2.05) is 28.7 Å². The highest BCUT2D eigenvalue weighted by Crippen LogP contribution is 2.39. The molecule has 238 valence electrons. The Bertz CT molecular complexity index is 3020. The number of thiophene rings is 2. The van der Waals surface area contributed by atoms with Crippen LogP contribution in [0.25, 0.3) is 108 Å².